The molecule has 0 unspecified atom stereocenters. The summed E-state index contributed by atoms with van der Waals surface area (Å²) in [6.45, 7) is -0.191. The average Bonchev–Trinajstić information content (AvgIpc) is 2.33. The maximum absolute atomic E-state index is 11.9. The molecule has 6 nitrogen and oxygen atoms in total. The zero-order valence-electron chi connectivity index (χ0n) is 9.18. The Bertz CT molecular complexity index is 423. The summed E-state index contributed by atoms with van der Waals surface area (Å²) in [6.07, 6.45) is -4.10. The second-order valence-electron chi connectivity index (χ2n) is 3.30. The van der Waals surface area contributed by atoms with Gasteiger partial charge in [0.25, 0.3) is 0 Å². The quantitative estimate of drug-likeness (QED) is 0.275. The summed E-state index contributed by atoms with van der Waals surface area (Å²) in [5.74, 6) is -0.328. The first kappa shape index (κ1) is 14.0. The highest BCUT2D eigenvalue weighted by atomic mass is 19.4. The van der Waals surface area contributed by atoms with Crippen LogP contribution in [0.1, 0.15) is 18.4 Å². The van der Waals surface area contributed by atoms with Crippen molar-refractivity contribution in [1.82, 2.24) is 10.2 Å². The van der Waals surface area contributed by atoms with Gasteiger partial charge in [-0.2, -0.15) is 18.3 Å². The summed E-state index contributed by atoms with van der Waals surface area (Å²) in [7, 11) is 0. The van der Waals surface area contributed by atoms with Gasteiger partial charge in [0.1, 0.15) is 0 Å². The molecule has 1 aromatic heterocycles. The van der Waals surface area contributed by atoms with E-state index in [1.165, 1.54) is 12.3 Å². The van der Waals surface area contributed by atoms with E-state index in [2.05, 4.69) is 15.4 Å². The van der Waals surface area contributed by atoms with Gasteiger partial charge in [-0.15, -0.1) is 5.10 Å². The molecular weight excluding hydrogens is 253 g/mol. The van der Waals surface area contributed by atoms with Crippen LogP contribution in [-0.2, 0) is 0 Å². The lowest BCUT2D eigenvalue weighted by molar-refractivity contribution is -0.136. The Morgan fingerprint density at radius 1 is 1.50 bits per heavy atom. The summed E-state index contributed by atoms with van der Waals surface area (Å²) in [5.41, 5.74) is 5.51. The molecule has 9 heteroatoms. The van der Waals surface area contributed by atoms with Crippen LogP contribution in [0.2, 0.25) is 0 Å². The molecular formula is C9H11F3N4O2. The van der Waals surface area contributed by atoms with Crippen LogP contribution < -0.4 is 10.5 Å². The second kappa shape index (κ2) is 6.03. The van der Waals surface area contributed by atoms with Crippen LogP contribution in [0.15, 0.2) is 17.4 Å². The van der Waals surface area contributed by atoms with Crippen LogP contribution >= 0.6 is 0 Å². The molecule has 100 valence electrons. The fraction of sp³-hybridized carbons (Fsp3) is 0.444. The smallest absolute Gasteiger partial charge is 0.389 e. The van der Waals surface area contributed by atoms with E-state index in [0.717, 1.165) is 0 Å². The first-order chi connectivity index (χ1) is 8.44. The molecule has 0 aliphatic carbocycles. The minimum absolute atomic E-state index is 0.0741. The largest absolute Gasteiger partial charge is 0.476 e. The van der Waals surface area contributed by atoms with Crippen LogP contribution in [0.4, 0.5) is 13.2 Å². The van der Waals surface area contributed by atoms with E-state index >= 15 is 0 Å². The fourth-order valence-corrected chi connectivity index (χ4v) is 1.12. The van der Waals surface area contributed by atoms with E-state index in [1.54, 1.807) is 0 Å². The minimum atomic E-state index is -4.22. The predicted molar refractivity (Wildman–Crippen MR) is 55.3 cm³/mol. The lowest BCUT2D eigenvalue weighted by Gasteiger charge is -2.09. The molecule has 0 aromatic carbocycles. The number of nitrogens with zero attached hydrogens (tertiary/aromatic N) is 3. The monoisotopic (exact) mass is 264 g/mol. The molecule has 0 aliphatic rings. The molecule has 0 fully saturated rings. The molecule has 3 N–H and O–H groups in total. The number of alkyl halides is 3. The van der Waals surface area contributed by atoms with Crippen LogP contribution in [0.5, 0.6) is 5.88 Å². The van der Waals surface area contributed by atoms with Crippen molar-refractivity contribution in [2.75, 3.05) is 6.61 Å². The molecule has 0 spiro atoms. The number of rotatable bonds is 5. The molecule has 18 heavy (non-hydrogen) atoms. The van der Waals surface area contributed by atoms with Gasteiger partial charge in [0, 0.05) is 6.42 Å². The highest BCUT2D eigenvalue weighted by Crippen LogP contribution is 2.21. The first-order valence-electron chi connectivity index (χ1n) is 4.93. The maximum Gasteiger partial charge on any atom is 0.389 e. The molecule has 0 saturated carbocycles. The summed E-state index contributed by atoms with van der Waals surface area (Å²) >= 11 is 0. The molecule has 1 aromatic rings. The van der Waals surface area contributed by atoms with Gasteiger partial charge in [-0.3, -0.25) is 0 Å². The molecule has 0 bridgehead atoms. The van der Waals surface area contributed by atoms with Gasteiger partial charge < -0.3 is 15.7 Å². The zero-order chi connectivity index (χ0) is 13.6. The molecule has 1 rings (SSSR count). The number of hydrogen-bond donors (Lipinski definition) is 2. The Morgan fingerprint density at radius 2 is 2.22 bits per heavy atom. The van der Waals surface area contributed by atoms with Crippen molar-refractivity contribution in [3.8, 4) is 5.88 Å². The summed E-state index contributed by atoms with van der Waals surface area (Å²) in [6, 6.07) is 1.38. The van der Waals surface area contributed by atoms with Crippen LogP contribution in [-0.4, -0.2) is 34.0 Å². The van der Waals surface area contributed by atoms with E-state index in [9.17, 15) is 13.2 Å². The maximum atomic E-state index is 11.9. The number of oxime groups is 1. The summed E-state index contributed by atoms with van der Waals surface area (Å²) in [5, 5.41) is 18.3. The Morgan fingerprint density at radius 3 is 2.83 bits per heavy atom. The lowest BCUT2D eigenvalue weighted by Crippen LogP contribution is -2.17. The number of halogens is 3. The molecule has 1 heterocycles. The SMILES string of the molecule is N/C(=N/O)c1ccnnc1OCCCC(F)(F)F. The minimum Gasteiger partial charge on any atom is -0.476 e. The van der Waals surface area contributed by atoms with E-state index in [-0.39, 0.29) is 30.3 Å². The van der Waals surface area contributed by atoms with E-state index in [1.807, 2.05) is 0 Å². The Balaban J connectivity index is 2.57. The first-order valence-corrected chi connectivity index (χ1v) is 4.93. The molecule has 0 saturated heterocycles. The van der Waals surface area contributed by atoms with E-state index in [0.29, 0.717) is 0 Å². The Kier molecular flexibility index (Phi) is 4.69. The third-order valence-corrected chi connectivity index (χ3v) is 1.91. The third-order valence-electron chi connectivity index (χ3n) is 1.91. The molecule has 0 atom stereocenters. The van der Waals surface area contributed by atoms with Gasteiger partial charge in [-0.1, -0.05) is 5.16 Å². The van der Waals surface area contributed by atoms with Crippen molar-refractivity contribution in [3.05, 3.63) is 17.8 Å². The van der Waals surface area contributed by atoms with Crippen molar-refractivity contribution in [3.63, 3.8) is 0 Å². The average molecular weight is 264 g/mol. The van der Waals surface area contributed by atoms with Crippen molar-refractivity contribution in [2.24, 2.45) is 10.9 Å². The molecule has 0 amide bonds. The van der Waals surface area contributed by atoms with Crippen molar-refractivity contribution in [1.29, 1.82) is 0 Å². The third kappa shape index (κ3) is 4.44. The van der Waals surface area contributed by atoms with Crippen LogP contribution in [0.25, 0.3) is 0 Å². The fourth-order valence-electron chi connectivity index (χ4n) is 1.12. The van der Waals surface area contributed by atoms with Crippen molar-refractivity contribution in [2.45, 2.75) is 19.0 Å². The van der Waals surface area contributed by atoms with Crippen molar-refractivity contribution < 1.29 is 23.1 Å². The predicted octanol–water partition coefficient (Wildman–Crippen LogP) is 1.29. The van der Waals surface area contributed by atoms with Gasteiger partial charge in [-0.25, -0.2) is 0 Å². The van der Waals surface area contributed by atoms with Crippen LogP contribution in [0.3, 0.4) is 0 Å². The zero-order valence-corrected chi connectivity index (χ0v) is 9.18. The highest BCUT2D eigenvalue weighted by Gasteiger charge is 2.26. The number of hydrogen-bond acceptors (Lipinski definition) is 5. The van der Waals surface area contributed by atoms with Gasteiger partial charge in [0.2, 0.25) is 5.88 Å². The summed E-state index contributed by atoms with van der Waals surface area (Å²) in [4.78, 5) is 0. The lowest BCUT2D eigenvalue weighted by atomic mass is 10.3. The second-order valence-corrected chi connectivity index (χ2v) is 3.30. The molecule has 0 radical (unpaired) electrons. The van der Waals surface area contributed by atoms with Crippen molar-refractivity contribution >= 4 is 5.84 Å². The van der Waals surface area contributed by atoms with E-state index < -0.39 is 12.6 Å². The number of aromatic nitrogens is 2. The Labute approximate surface area is 100 Å². The normalized spacial score (nSPS) is 12.5. The highest BCUT2D eigenvalue weighted by molar-refractivity contribution is 5.98. The van der Waals surface area contributed by atoms with Crippen LogP contribution in [0, 0.1) is 0 Å². The standard InChI is InChI=1S/C9H11F3N4O2/c10-9(11,12)3-1-5-18-8-6(7(13)16-17)2-4-14-15-8/h2,4,17H,1,3,5H2,(H2,13,16). The van der Waals surface area contributed by atoms with E-state index in [4.69, 9.17) is 15.7 Å². The molecule has 0 aliphatic heterocycles. The van der Waals surface area contributed by atoms with Gasteiger partial charge >= 0.3 is 6.18 Å². The number of amidine groups is 1. The summed E-state index contributed by atoms with van der Waals surface area (Å²) < 4.78 is 40.7. The van der Waals surface area contributed by atoms with Gasteiger partial charge in [0.05, 0.1) is 18.4 Å². The number of ether oxygens (including phenoxy) is 1. The van der Waals surface area contributed by atoms with Gasteiger partial charge in [-0.05, 0) is 12.5 Å². The topological polar surface area (TPSA) is 93.6 Å². The number of nitrogens with two attached hydrogens (primary N) is 1. The Hall–Kier alpha value is -2.06. The van der Waals surface area contributed by atoms with Gasteiger partial charge in [0.15, 0.2) is 5.84 Å².